The van der Waals surface area contributed by atoms with Crippen LogP contribution in [0.1, 0.15) is 17.4 Å². The quantitative estimate of drug-likeness (QED) is 0.876. The van der Waals surface area contributed by atoms with Crippen LogP contribution in [0.3, 0.4) is 0 Å². The summed E-state index contributed by atoms with van der Waals surface area (Å²) in [5.74, 6) is 0.544. The topological polar surface area (TPSA) is 45.4 Å². The van der Waals surface area contributed by atoms with Gasteiger partial charge < -0.3 is 14.8 Å². The number of hydrogen-bond donors (Lipinski definition) is 2. The van der Waals surface area contributed by atoms with E-state index < -0.39 is 6.10 Å². The second kappa shape index (κ2) is 5.25. The van der Waals surface area contributed by atoms with Crippen LogP contribution in [-0.4, -0.2) is 11.7 Å². The van der Waals surface area contributed by atoms with E-state index in [4.69, 9.17) is 16.0 Å². The minimum absolute atomic E-state index is 0.359. The molecule has 0 spiro atoms. The Bertz CT molecular complexity index is 462. The molecule has 1 atom stereocenters. The lowest BCUT2D eigenvalue weighted by molar-refractivity contribution is 0.162. The Hall–Kier alpha value is -1.45. The first kappa shape index (κ1) is 12.0. The van der Waals surface area contributed by atoms with Gasteiger partial charge in [0.15, 0.2) is 0 Å². The molecule has 0 amide bonds. The van der Waals surface area contributed by atoms with Gasteiger partial charge in [-0.3, -0.25) is 0 Å². The Kier molecular flexibility index (Phi) is 3.71. The smallest absolute Gasteiger partial charge is 0.134 e. The maximum atomic E-state index is 9.85. The molecule has 2 rings (SSSR count). The molecule has 1 heterocycles. The minimum atomic E-state index is -0.680. The van der Waals surface area contributed by atoms with Crippen LogP contribution in [0.5, 0.6) is 0 Å². The number of anilines is 1. The Morgan fingerprint density at radius 2 is 2.18 bits per heavy atom. The summed E-state index contributed by atoms with van der Waals surface area (Å²) in [6.07, 6.45) is 0.861. The number of halogens is 1. The lowest BCUT2D eigenvalue weighted by atomic mass is 10.2. The van der Waals surface area contributed by atoms with E-state index in [1.807, 2.05) is 25.1 Å². The summed E-state index contributed by atoms with van der Waals surface area (Å²) >= 11 is 6.07. The first-order chi connectivity index (χ1) is 8.18. The highest BCUT2D eigenvalue weighted by atomic mass is 35.5. The van der Waals surface area contributed by atoms with Crippen molar-refractivity contribution in [1.29, 1.82) is 0 Å². The molecular weight excluding hydrogens is 238 g/mol. The predicted octanol–water partition coefficient (Wildman–Crippen LogP) is 3.39. The van der Waals surface area contributed by atoms with E-state index in [1.54, 1.807) is 18.4 Å². The van der Waals surface area contributed by atoms with Crippen molar-refractivity contribution in [3.8, 4) is 0 Å². The van der Waals surface area contributed by atoms with Crippen LogP contribution in [0.15, 0.2) is 41.0 Å². The fraction of sp³-hybridized carbons (Fsp3) is 0.231. The Labute approximate surface area is 105 Å². The first-order valence-corrected chi connectivity index (χ1v) is 5.76. The number of aryl methyl sites for hydroxylation is 1. The van der Waals surface area contributed by atoms with Crippen molar-refractivity contribution >= 4 is 17.3 Å². The maximum Gasteiger partial charge on any atom is 0.134 e. The molecule has 1 unspecified atom stereocenters. The summed E-state index contributed by atoms with van der Waals surface area (Å²) in [6, 6.07) is 9.17. The molecule has 17 heavy (non-hydrogen) atoms. The number of rotatable bonds is 4. The molecule has 0 fully saturated rings. The molecule has 0 saturated heterocycles. The van der Waals surface area contributed by atoms with Gasteiger partial charge in [-0.25, -0.2) is 0 Å². The maximum absolute atomic E-state index is 9.85. The van der Waals surface area contributed by atoms with Crippen LogP contribution in [0.4, 0.5) is 5.69 Å². The van der Waals surface area contributed by atoms with Crippen molar-refractivity contribution < 1.29 is 9.52 Å². The molecule has 2 aromatic rings. The SMILES string of the molecule is Cc1cccc(Cl)c1NCC(O)c1ccco1. The van der Waals surface area contributed by atoms with Gasteiger partial charge in [-0.15, -0.1) is 0 Å². The van der Waals surface area contributed by atoms with Gasteiger partial charge >= 0.3 is 0 Å². The van der Waals surface area contributed by atoms with Crippen molar-refractivity contribution in [1.82, 2.24) is 0 Å². The number of benzene rings is 1. The number of aliphatic hydroxyl groups is 1. The Morgan fingerprint density at radius 1 is 1.35 bits per heavy atom. The molecule has 0 radical (unpaired) electrons. The zero-order valence-electron chi connectivity index (χ0n) is 9.48. The van der Waals surface area contributed by atoms with E-state index in [1.165, 1.54) is 0 Å². The molecule has 90 valence electrons. The van der Waals surface area contributed by atoms with Crippen LogP contribution in [-0.2, 0) is 0 Å². The standard InChI is InChI=1S/C13H14ClNO2/c1-9-4-2-5-10(14)13(9)15-8-11(16)12-6-3-7-17-12/h2-7,11,15-16H,8H2,1H3. The average molecular weight is 252 g/mol. The lowest BCUT2D eigenvalue weighted by Crippen LogP contribution is -2.12. The molecule has 0 aliphatic carbocycles. The molecule has 0 saturated carbocycles. The average Bonchev–Trinajstić information content (AvgIpc) is 2.81. The highest BCUT2D eigenvalue weighted by molar-refractivity contribution is 6.33. The van der Waals surface area contributed by atoms with Gasteiger partial charge in [0.05, 0.1) is 17.0 Å². The molecule has 2 N–H and O–H groups in total. The number of aliphatic hydroxyl groups excluding tert-OH is 1. The second-order valence-electron chi connectivity index (χ2n) is 3.84. The van der Waals surface area contributed by atoms with Gasteiger partial charge in [-0.1, -0.05) is 23.7 Å². The summed E-state index contributed by atoms with van der Waals surface area (Å²) in [4.78, 5) is 0. The third kappa shape index (κ3) is 2.81. The van der Waals surface area contributed by atoms with Gasteiger partial charge in [0.2, 0.25) is 0 Å². The number of para-hydroxylation sites is 1. The summed E-state index contributed by atoms with van der Waals surface area (Å²) in [5.41, 5.74) is 1.89. The fourth-order valence-corrected chi connectivity index (χ4v) is 1.92. The monoisotopic (exact) mass is 251 g/mol. The van der Waals surface area contributed by atoms with Crippen molar-refractivity contribution in [3.63, 3.8) is 0 Å². The fourth-order valence-electron chi connectivity index (χ4n) is 1.64. The third-order valence-corrected chi connectivity index (χ3v) is 2.88. The normalized spacial score (nSPS) is 12.4. The molecule has 3 nitrogen and oxygen atoms in total. The number of nitrogens with one attached hydrogen (secondary N) is 1. The van der Waals surface area contributed by atoms with Gasteiger partial charge in [0, 0.05) is 6.54 Å². The van der Waals surface area contributed by atoms with Crippen LogP contribution >= 0.6 is 11.6 Å². The van der Waals surface area contributed by atoms with Crippen molar-refractivity contribution in [2.75, 3.05) is 11.9 Å². The molecule has 0 bridgehead atoms. The largest absolute Gasteiger partial charge is 0.467 e. The van der Waals surface area contributed by atoms with E-state index in [0.29, 0.717) is 17.3 Å². The molecule has 4 heteroatoms. The molecule has 1 aromatic heterocycles. The third-order valence-electron chi connectivity index (χ3n) is 2.57. The second-order valence-corrected chi connectivity index (χ2v) is 4.25. The molecular formula is C13H14ClNO2. The Morgan fingerprint density at radius 3 is 2.82 bits per heavy atom. The van der Waals surface area contributed by atoms with E-state index in [-0.39, 0.29) is 0 Å². The minimum Gasteiger partial charge on any atom is -0.467 e. The van der Waals surface area contributed by atoms with Crippen molar-refractivity contribution in [2.24, 2.45) is 0 Å². The van der Waals surface area contributed by atoms with E-state index in [0.717, 1.165) is 11.3 Å². The van der Waals surface area contributed by atoms with Crippen molar-refractivity contribution in [2.45, 2.75) is 13.0 Å². The van der Waals surface area contributed by atoms with Gasteiger partial charge in [0.25, 0.3) is 0 Å². The first-order valence-electron chi connectivity index (χ1n) is 5.39. The van der Waals surface area contributed by atoms with Crippen LogP contribution in [0, 0.1) is 6.92 Å². The lowest BCUT2D eigenvalue weighted by Gasteiger charge is -2.14. The summed E-state index contributed by atoms with van der Waals surface area (Å²) in [7, 11) is 0. The molecule has 1 aromatic carbocycles. The van der Waals surface area contributed by atoms with Crippen LogP contribution in [0.2, 0.25) is 5.02 Å². The zero-order chi connectivity index (χ0) is 12.3. The van der Waals surface area contributed by atoms with Crippen LogP contribution in [0.25, 0.3) is 0 Å². The predicted molar refractivity (Wildman–Crippen MR) is 68.3 cm³/mol. The van der Waals surface area contributed by atoms with Gasteiger partial charge in [-0.2, -0.15) is 0 Å². The zero-order valence-corrected chi connectivity index (χ0v) is 10.2. The number of hydrogen-bond acceptors (Lipinski definition) is 3. The summed E-state index contributed by atoms with van der Waals surface area (Å²) in [6.45, 7) is 2.32. The molecule has 0 aliphatic heterocycles. The van der Waals surface area contributed by atoms with Gasteiger partial charge in [0.1, 0.15) is 11.9 Å². The highest BCUT2D eigenvalue weighted by Gasteiger charge is 2.11. The Balaban J connectivity index is 2.03. The van der Waals surface area contributed by atoms with E-state index in [9.17, 15) is 5.11 Å². The summed E-state index contributed by atoms with van der Waals surface area (Å²) in [5, 5.41) is 13.6. The van der Waals surface area contributed by atoms with E-state index in [2.05, 4.69) is 5.32 Å². The van der Waals surface area contributed by atoms with Crippen LogP contribution < -0.4 is 5.32 Å². The highest BCUT2D eigenvalue weighted by Crippen LogP contribution is 2.26. The molecule has 0 aliphatic rings. The number of furan rings is 1. The summed E-state index contributed by atoms with van der Waals surface area (Å²) < 4.78 is 5.12. The van der Waals surface area contributed by atoms with Gasteiger partial charge in [-0.05, 0) is 30.7 Å². The van der Waals surface area contributed by atoms with Crippen molar-refractivity contribution in [3.05, 3.63) is 52.9 Å². The van der Waals surface area contributed by atoms with E-state index >= 15 is 0 Å².